The van der Waals surface area contributed by atoms with Gasteiger partial charge in [0, 0.05) is 12.7 Å². The highest BCUT2D eigenvalue weighted by Gasteiger charge is 2.11. The Bertz CT molecular complexity index is 273. The Kier molecular flexibility index (Phi) is 2.94. The molecule has 0 N–H and O–H groups in total. The van der Waals surface area contributed by atoms with Crippen molar-refractivity contribution < 1.29 is 4.74 Å². The summed E-state index contributed by atoms with van der Waals surface area (Å²) in [7, 11) is 1.47. The predicted molar refractivity (Wildman–Crippen MR) is 46.7 cm³/mol. The van der Waals surface area contributed by atoms with Gasteiger partial charge in [-0.25, -0.2) is 0 Å². The van der Waals surface area contributed by atoms with Crippen molar-refractivity contribution in [3.8, 4) is 0 Å². The number of nitrogens with zero attached hydrogens (tertiary/aromatic N) is 1. The van der Waals surface area contributed by atoms with Crippen molar-refractivity contribution in [3.05, 3.63) is 40.3 Å². The highest BCUT2D eigenvalue weighted by molar-refractivity contribution is 5.27. The molecule has 0 aromatic heterocycles. The summed E-state index contributed by atoms with van der Waals surface area (Å²) in [6, 6.07) is 7.54. The molecule has 64 valence electrons. The average Bonchev–Trinajstić information content (AvgIpc) is 2.10. The van der Waals surface area contributed by atoms with Gasteiger partial charge in [-0.1, -0.05) is 24.3 Å². The first kappa shape index (κ1) is 8.87. The number of ether oxygens (including phenoxy) is 1. The Hall–Kier alpha value is -1.22. The van der Waals surface area contributed by atoms with Crippen molar-refractivity contribution in [1.82, 2.24) is 0 Å². The molecule has 0 saturated heterocycles. The molecular formula is C9H11NO2. The molecule has 12 heavy (non-hydrogen) atoms. The summed E-state index contributed by atoms with van der Waals surface area (Å²) in [6.45, 7) is 1.92. The van der Waals surface area contributed by atoms with E-state index in [-0.39, 0.29) is 0 Å². The molecule has 3 nitrogen and oxygen atoms in total. The molecule has 0 fully saturated rings. The minimum Gasteiger partial charge on any atom is -0.353 e. The zero-order valence-electron chi connectivity index (χ0n) is 7.15. The predicted octanol–water partition coefficient (Wildman–Crippen LogP) is 2.41. The van der Waals surface area contributed by atoms with Crippen LogP contribution in [0.1, 0.15) is 17.4 Å². The van der Waals surface area contributed by atoms with Gasteiger partial charge in [-0.15, -0.1) is 4.91 Å². The summed E-state index contributed by atoms with van der Waals surface area (Å²) in [5.74, 6) is 0. The van der Waals surface area contributed by atoms with Crippen LogP contribution in [0.15, 0.2) is 29.4 Å². The van der Waals surface area contributed by atoms with E-state index < -0.39 is 6.23 Å². The van der Waals surface area contributed by atoms with Crippen LogP contribution in [0.25, 0.3) is 0 Å². The van der Waals surface area contributed by atoms with Crippen molar-refractivity contribution >= 4 is 0 Å². The van der Waals surface area contributed by atoms with Crippen molar-refractivity contribution in [2.24, 2.45) is 5.18 Å². The van der Waals surface area contributed by atoms with Gasteiger partial charge in [-0.05, 0) is 17.7 Å². The summed E-state index contributed by atoms with van der Waals surface area (Å²) >= 11 is 0. The standard InChI is InChI=1S/C9H11NO2/c1-7-5-3-4-6-8(7)9(10-11)12-2/h3-6,9H,1-2H3. The molecule has 0 spiro atoms. The lowest BCUT2D eigenvalue weighted by atomic mass is 10.1. The van der Waals surface area contributed by atoms with Gasteiger partial charge in [0.25, 0.3) is 0 Å². The molecule has 0 aliphatic carbocycles. The summed E-state index contributed by atoms with van der Waals surface area (Å²) in [6.07, 6.45) is -0.675. The number of methoxy groups -OCH3 is 1. The van der Waals surface area contributed by atoms with E-state index in [1.165, 1.54) is 7.11 Å². The van der Waals surface area contributed by atoms with Crippen molar-refractivity contribution in [2.45, 2.75) is 13.2 Å². The molecule has 0 amide bonds. The molecule has 0 bridgehead atoms. The SMILES string of the molecule is COC(N=O)c1ccccc1C. The van der Waals surface area contributed by atoms with Gasteiger partial charge in [-0.2, -0.15) is 0 Å². The van der Waals surface area contributed by atoms with Gasteiger partial charge in [0.2, 0.25) is 6.23 Å². The van der Waals surface area contributed by atoms with E-state index in [4.69, 9.17) is 4.74 Å². The number of hydrogen-bond acceptors (Lipinski definition) is 3. The van der Waals surface area contributed by atoms with Crippen LogP contribution in [-0.4, -0.2) is 7.11 Å². The second kappa shape index (κ2) is 3.97. The maximum atomic E-state index is 10.3. The highest BCUT2D eigenvalue weighted by atomic mass is 16.5. The lowest BCUT2D eigenvalue weighted by Gasteiger charge is -2.09. The molecule has 1 rings (SSSR count). The van der Waals surface area contributed by atoms with Crippen LogP contribution in [0.3, 0.4) is 0 Å². The van der Waals surface area contributed by atoms with Crippen molar-refractivity contribution in [3.63, 3.8) is 0 Å². The maximum absolute atomic E-state index is 10.3. The van der Waals surface area contributed by atoms with Gasteiger partial charge >= 0.3 is 0 Å². The Morgan fingerprint density at radius 2 is 2.08 bits per heavy atom. The van der Waals surface area contributed by atoms with Crippen molar-refractivity contribution in [2.75, 3.05) is 7.11 Å². The van der Waals surface area contributed by atoms with Gasteiger partial charge in [0.05, 0.1) is 0 Å². The first-order valence-electron chi connectivity index (χ1n) is 3.70. The maximum Gasteiger partial charge on any atom is 0.215 e. The first-order chi connectivity index (χ1) is 5.79. The molecule has 0 saturated carbocycles. The summed E-state index contributed by atoms with van der Waals surface area (Å²) in [4.78, 5) is 10.3. The quantitative estimate of drug-likeness (QED) is 0.645. The fourth-order valence-corrected chi connectivity index (χ4v) is 1.09. The Balaban J connectivity index is 3.00. The zero-order valence-corrected chi connectivity index (χ0v) is 7.15. The fourth-order valence-electron chi connectivity index (χ4n) is 1.09. The number of aryl methyl sites for hydroxylation is 1. The van der Waals surface area contributed by atoms with Crippen LogP contribution in [0.5, 0.6) is 0 Å². The largest absolute Gasteiger partial charge is 0.353 e. The Morgan fingerprint density at radius 1 is 1.42 bits per heavy atom. The molecule has 0 aliphatic heterocycles. The van der Waals surface area contributed by atoms with Crippen molar-refractivity contribution in [1.29, 1.82) is 0 Å². The van der Waals surface area contributed by atoms with Crippen LogP contribution in [0, 0.1) is 11.8 Å². The number of nitroso groups, excluding NO2 is 1. The van der Waals surface area contributed by atoms with Gasteiger partial charge in [0.15, 0.2) is 0 Å². The molecule has 0 aliphatic rings. The van der Waals surface area contributed by atoms with E-state index in [1.807, 2.05) is 31.2 Å². The molecule has 0 heterocycles. The lowest BCUT2D eigenvalue weighted by Crippen LogP contribution is -1.98. The van der Waals surface area contributed by atoms with Crippen LogP contribution in [0.2, 0.25) is 0 Å². The smallest absolute Gasteiger partial charge is 0.215 e. The normalized spacial score (nSPS) is 12.5. The number of hydrogen-bond donors (Lipinski definition) is 0. The topological polar surface area (TPSA) is 38.7 Å². The number of rotatable bonds is 3. The summed E-state index contributed by atoms with van der Waals surface area (Å²) in [5, 5.41) is 2.87. The fraction of sp³-hybridized carbons (Fsp3) is 0.333. The Morgan fingerprint density at radius 3 is 2.58 bits per heavy atom. The van der Waals surface area contributed by atoms with Gasteiger partial charge < -0.3 is 4.74 Å². The molecular weight excluding hydrogens is 154 g/mol. The second-order valence-electron chi connectivity index (χ2n) is 2.55. The third kappa shape index (κ3) is 1.68. The zero-order chi connectivity index (χ0) is 8.97. The monoisotopic (exact) mass is 165 g/mol. The molecule has 3 heteroatoms. The summed E-state index contributed by atoms with van der Waals surface area (Å²) < 4.78 is 4.89. The van der Waals surface area contributed by atoms with E-state index in [0.717, 1.165) is 11.1 Å². The molecule has 0 radical (unpaired) electrons. The van der Waals surface area contributed by atoms with E-state index in [0.29, 0.717) is 0 Å². The van der Waals surface area contributed by atoms with E-state index in [2.05, 4.69) is 5.18 Å². The van der Waals surface area contributed by atoms with E-state index in [1.54, 1.807) is 0 Å². The van der Waals surface area contributed by atoms with E-state index in [9.17, 15) is 4.91 Å². The van der Waals surface area contributed by atoms with Crippen LogP contribution >= 0.6 is 0 Å². The minimum atomic E-state index is -0.675. The average molecular weight is 165 g/mol. The lowest BCUT2D eigenvalue weighted by molar-refractivity contribution is 0.109. The van der Waals surface area contributed by atoms with Crippen LogP contribution in [0.4, 0.5) is 0 Å². The highest BCUT2D eigenvalue weighted by Crippen LogP contribution is 2.20. The minimum absolute atomic E-state index is 0.675. The van der Waals surface area contributed by atoms with Crippen LogP contribution < -0.4 is 0 Å². The first-order valence-corrected chi connectivity index (χ1v) is 3.70. The third-order valence-corrected chi connectivity index (χ3v) is 1.77. The number of benzene rings is 1. The van der Waals surface area contributed by atoms with E-state index >= 15 is 0 Å². The molecule has 1 unspecified atom stereocenters. The molecule has 1 aromatic rings. The molecule has 1 aromatic carbocycles. The Labute approximate surface area is 71.3 Å². The third-order valence-electron chi connectivity index (χ3n) is 1.77. The molecule has 1 atom stereocenters. The van der Waals surface area contributed by atoms with Crippen LogP contribution in [-0.2, 0) is 4.74 Å². The van der Waals surface area contributed by atoms with Gasteiger partial charge in [0.1, 0.15) is 0 Å². The summed E-state index contributed by atoms with van der Waals surface area (Å²) in [5.41, 5.74) is 1.85. The second-order valence-corrected chi connectivity index (χ2v) is 2.55. The van der Waals surface area contributed by atoms with Gasteiger partial charge in [-0.3, -0.25) is 0 Å².